The lowest BCUT2D eigenvalue weighted by Crippen LogP contribution is -2.10. The van der Waals surface area contributed by atoms with Gasteiger partial charge in [0.15, 0.2) is 0 Å². The van der Waals surface area contributed by atoms with Crippen molar-refractivity contribution in [3.8, 4) is 0 Å². The number of nitrogens with zero attached hydrogens (tertiary/aromatic N) is 2. The average molecular weight is 272 g/mol. The summed E-state index contributed by atoms with van der Waals surface area (Å²) in [5.41, 5.74) is 2.99. The molecule has 2 rings (SSSR count). The maximum Gasteiger partial charge on any atom is 0.224 e. The Morgan fingerprint density at radius 3 is 2.50 bits per heavy atom. The highest BCUT2D eigenvalue weighted by atomic mass is 16.1. The zero-order chi connectivity index (χ0) is 14.4. The van der Waals surface area contributed by atoms with Gasteiger partial charge in [-0.1, -0.05) is 6.92 Å². The number of carbonyl (C=O) groups is 1. The van der Waals surface area contributed by atoms with E-state index in [4.69, 9.17) is 0 Å². The van der Waals surface area contributed by atoms with Crippen molar-refractivity contribution in [3.05, 3.63) is 42.2 Å². The maximum absolute atomic E-state index is 11.3. The molecule has 0 fully saturated rings. The van der Waals surface area contributed by atoms with Gasteiger partial charge in [-0.15, -0.1) is 0 Å². The first-order valence-corrected chi connectivity index (χ1v) is 6.87. The summed E-state index contributed by atoms with van der Waals surface area (Å²) < 4.78 is 1.96. The van der Waals surface area contributed by atoms with Gasteiger partial charge in [-0.3, -0.25) is 9.48 Å². The highest BCUT2D eigenvalue weighted by Gasteiger charge is 2.01. The molecule has 5 heteroatoms. The number of aromatic nitrogens is 2. The summed E-state index contributed by atoms with van der Waals surface area (Å²) in [5, 5.41) is 10.4. The van der Waals surface area contributed by atoms with Crippen molar-refractivity contribution in [3.63, 3.8) is 0 Å². The first-order chi connectivity index (χ1) is 9.72. The predicted octanol–water partition coefficient (Wildman–Crippen LogP) is 2.86. The van der Waals surface area contributed by atoms with Crippen LogP contribution in [-0.4, -0.2) is 15.7 Å². The van der Waals surface area contributed by atoms with Gasteiger partial charge in [0.2, 0.25) is 5.91 Å². The molecule has 2 aromatic rings. The summed E-state index contributed by atoms with van der Waals surface area (Å²) in [6, 6.07) is 9.71. The topological polar surface area (TPSA) is 59.0 Å². The molecule has 1 aromatic heterocycles. The average Bonchev–Trinajstić information content (AvgIpc) is 2.94. The van der Waals surface area contributed by atoms with E-state index in [0.717, 1.165) is 30.2 Å². The van der Waals surface area contributed by atoms with Crippen molar-refractivity contribution in [2.75, 3.05) is 10.6 Å². The largest absolute Gasteiger partial charge is 0.379 e. The molecule has 106 valence electrons. The monoisotopic (exact) mass is 272 g/mol. The van der Waals surface area contributed by atoms with Gasteiger partial charge in [0.1, 0.15) is 0 Å². The van der Waals surface area contributed by atoms with E-state index in [-0.39, 0.29) is 5.91 Å². The number of hydrogen-bond acceptors (Lipinski definition) is 3. The van der Waals surface area contributed by atoms with E-state index in [9.17, 15) is 4.79 Å². The highest BCUT2D eigenvalue weighted by molar-refractivity contribution is 5.90. The van der Waals surface area contributed by atoms with E-state index in [1.165, 1.54) is 0 Å². The fourth-order valence-electron chi connectivity index (χ4n) is 1.91. The minimum Gasteiger partial charge on any atom is -0.379 e. The molecule has 0 saturated heterocycles. The number of carbonyl (C=O) groups excluding carboxylic acids is 1. The Labute approximate surface area is 119 Å². The zero-order valence-corrected chi connectivity index (χ0v) is 11.9. The van der Waals surface area contributed by atoms with Crippen molar-refractivity contribution in [2.45, 2.75) is 33.4 Å². The van der Waals surface area contributed by atoms with Crippen LogP contribution < -0.4 is 10.6 Å². The number of aryl methyl sites for hydroxylation is 1. The Morgan fingerprint density at radius 2 is 1.85 bits per heavy atom. The van der Waals surface area contributed by atoms with E-state index in [0.29, 0.717) is 6.42 Å². The number of amides is 1. The smallest absolute Gasteiger partial charge is 0.224 e. The van der Waals surface area contributed by atoms with Gasteiger partial charge in [-0.05, 0) is 37.3 Å². The Balaban J connectivity index is 1.92. The minimum atomic E-state index is 0.0255. The van der Waals surface area contributed by atoms with Crippen molar-refractivity contribution in [1.29, 1.82) is 0 Å². The summed E-state index contributed by atoms with van der Waals surface area (Å²) in [7, 11) is 0. The van der Waals surface area contributed by atoms with Crippen LogP contribution in [0.2, 0.25) is 0 Å². The van der Waals surface area contributed by atoms with Gasteiger partial charge in [0.05, 0.1) is 12.2 Å². The maximum atomic E-state index is 11.3. The molecule has 0 aliphatic carbocycles. The molecule has 1 amide bonds. The van der Waals surface area contributed by atoms with Crippen LogP contribution in [0.15, 0.2) is 36.5 Å². The van der Waals surface area contributed by atoms with Crippen LogP contribution in [0.25, 0.3) is 0 Å². The fourth-order valence-corrected chi connectivity index (χ4v) is 1.91. The molecule has 20 heavy (non-hydrogen) atoms. The lowest BCUT2D eigenvalue weighted by molar-refractivity contribution is -0.115. The van der Waals surface area contributed by atoms with Crippen LogP contribution in [-0.2, 0) is 17.9 Å². The van der Waals surface area contributed by atoms with Crippen LogP contribution in [0.4, 0.5) is 11.4 Å². The van der Waals surface area contributed by atoms with E-state index in [1.54, 1.807) is 0 Å². The van der Waals surface area contributed by atoms with Crippen LogP contribution in [0.5, 0.6) is 0 Å². The molecule has 0 aliphatic rings. The van der Waals surface area contributed by atoms with E-state index in [2.05, 4.69) is 22.7 Å². The third-order valence-electron chi connectivity index (χ3n) is 3.07. The first kappa shape index (κ1) is 14.1. The fraction of sp³-hybridized carbons (Fsp3) is 0.333. The quantitative estimate of drug-likeness (QED) is 0.850. The summed E-state index contributed by atoms with van der Waals surface area (Å²) in [5.74, 6) is 0.0255. The molecule has 1 aromatic carbocycles. The zero-order valence-electron chi connectivity index (χ0n) is 11.9. The van der Waals surface area contributed by atoms with Crippen molar-refractivity contribution >= 4 is 17.3 Å². The second-order valence-corrected chi connectivity index (χ2v) is 4.47. The van der Waals surface area contributed by atoms with Gasteiger partial charge >= 0.3 is 0 Å². The standard InChI is InChI=1S/C15H20N4O/c1-3-15(20)18-13-7-5-12(6-8-13)16-11-14-9-10-17-19(14)4-2/h5-10,16H,3-4,11H2,1-2H3,(H,18,20). The molecule has 5 nitrogen and oxygen atoms in total. The Kier molecular flexibility index (Phi) is 4.76. The third-order valence-corrected chi connectivity index (χ3v) is 3.07. The number of nitrogens with one attached hydrogen (secondary N) is 2. The Morgan fingerprint density at radius 1 is 1.15 bits per heavy atom. The first-order valence-electron chi connectivity index (χ1n) is 6.87. The highest BCUT2D eigenvalue weighted by Crippen LogP contribution is 2.14. The molecule has 0 radical (unpaired) electrons. The normalized spacial score (nSPS) is 10.3. The van der Waals surface area contributed by atoms with Gasteiger partial charge < -0.3 is 10.6 Å². The Hall–Kier alpha value is -2.30. The van der Waals surface area contributed by atoms with E-state index >= 15 is 0 Å². The second-order valence-electron chi connectivity index (χ2n) is 4.47. The molecule has 0 aliphatic heterocycles. The SMILES string of the molecule is CCC(=O)Nc1ccc(NCc2ccnn2CC)cc1. The summed E-state index contributed by atoms with van der Waals surface area (Å²) in [6.07, 6.45) is 2.30. The van der Waals surface area contributed by atoms with Gasteiger partial charge in [0.25, 0.3) is 0 Å². The van der Waals surface area contributed by atoms with Gasteiger partial charge in [-0.25, -0.2) is 0 Å². The molecule has 0 bridgehead atoms. The molecule has 0 atom stereocenters. The number of rotatable bonds is 6. The van der Waals surface area contributed by atoms with Gasteiger partial charge in [0, 0.05) is 30.5 Å². The molecule has 1 heterocycles. The lowest BCUT2D eigenvalue weighted by atomic mass is 10.2. The third kappa shape index (κ3) is 3.60. The molecular formula is C15H20N4O. The minimum absolute atomic E-state index is 0.0255. The number of hydrogen-bond donors (Lipinski definition) is 2. The van der Waals surface area contributed by atoms with Crippen LogP contribution >= 0.6 is 0 Å². The second kappa shape index (κ2) is 6.75. The molecule has 0 saturated carbocycles. The van der Waals surface area contributed by atoms with Crippen LogP contribution in [0.1, 0.15) is 26.0 Å². The van der Waals surface area contributed by atoms with E-state index in [1.807, 2.05) is 48.1 Å². The molecular weight excluding hydrogens is 252 g/mol. The van der Waals surface area contributed by atoms with Gasteiger partial charge in [-0.2, -0.15) is 5.10 Å². The molecule has 2 N–H and O–H groups in total. The summed E-state index contributed by atoms with van der Waals surface area (Å²) in [4.78, 5) is 11.3. The number of anilines is 2. The van der Waals surface area contributed by atoms with Crippen molar-refractivity contribution in [2.24, 2.45) is 0 Å². The molecule has 0 spiro atoms. The summed E-state index contributed by atoms with van der Waals surface area (Å²) in [6.45, 7) is 5.50. The van der Waals surface area contributed by atoms with Crippen LogP contribution in [0.3, 0.4) is 0 Å². The van der Waals surface area contributed by atoms with Crippen LogP contribution in [0, 0.1) is 0 Å². The van der Waals surface area contributed by atoms with Crippen molar-refractivity contribution in [1.82, 2.24) is 9.78 Å². The summed E-state index contributed by atoms with van der Waals surface area (Å²) >= 11 is 0. The van der Waals surface area contributed by atoms with E-state index < -0.39 is 0 Å². The predicted molar refractivity (Wildman–Crippen MR) is 80.6 cm³/mol. The van der Waals surface area contributed by atoms with Crippen molar-refractivity contribution < 1.29 is 4.79 Å². The number of benzene rings is 1. The lowest BCUT2D eigenvalue weighted by Gasteiger charge is -2.09. The Bertz CT molecular complexity index is 560. The molecule has 0 unspecified atom stereocenters.